The van der Waals surface area contributed by atoms with E-state index in [1.165, 1.54) is 11.9 Å². The Labute approximate surface area is 256 Å². The molecule has 9 heteroatoms. The van der Waals surface area contributed by atoms with Crippen LogP contribution in [-0.4, -0.2) is 67.0 Å². The normalized spacial score (nSPS) is 14.8. The van der Waals surface area contributed by atoms with Gasteiger partial charge in [-0.1, -0.05) is 84.9 Å². The molecule has 0 saturated carbocycles. The highest BCUT2D eigenvalue weighted by atomic mass is 16.2. The molecular formula is C35H37N5O4. The highest BCUT2D eigenvalue weighted by molar-refractivity contribution is 6.29. The van der Waals surface area contributed by atoms with E-state index < -0.39 is 29.7 Å². The molecule has 5 rings (SSSR count). The number of piperidine rings is 1. The fourth-order valence-corrected chi connectivity index (χ4v) is 5.81. The summed E-state index contributed by atoms with van der Waals surface area (Å²) < 4.78 is 0. The molecule has 3 amide bonds. The average Bonchev–Trinajstić information content (AvgIpc) is 3.06. The van der Waals surface area contributed by atoms with Crippen LogP contribution in [0.3, 0.4) is 0 Å². The fourth-order valence-electron chi connectivity index (χ4n) is 5.81. The highest BCUT2D eigenvalue weighted by Gasteiger charge is 2.34. The number of nitrogens with one attached hydrogen (secondary N) is 4. The quantitative estimate of drug-likeness (QED) is 0.128. The zero-order valence-electron chi connectivity index (χ0n) is 24.7. The van der Waals surface area contributed by atoms with Crippen LogP contribution in [-0.2, 0) is 32.0 Å². The van der Waals surface area contributed by atoms with Crippen molar-refractivity contribution in [1.29, 1.82) is 5.41 Å². The Hall–Kier alpha value is -4.89. The molecule has 1 aliphatic rings. The van der Waals surface area contributed by atoms with Crippen LogP contribution >= 0.6 is 0 Å². The standard InChI is InChI=1S/C35H37N5O4/c1-40(31(34(43)39-32(36)22-41)21-24-11-13-26-7-3-5-9-29(26)19-24)35(44)30(38-33(42)27-14-16-37-17-15-27)20-23-10-12-25-6-2-4-8-28(25)18-23/h2-13,18-19,22,27,30-31,37H,14-17,20-21H2,1H3,(H,38,42)(H2,36,39,43). The lowest BCUT2D eigenvalue weighted by molar-refractivity contribution is -0.142. The number of amidine groups is 1. The number of likely N-dealkylation sites (N-methyl/N-ethyl adjacent to an activating group) is 1. The summed E-state index contributed by atoms with van der Waals surface area (Å²) in [4.78, 5) is 53.5. The first-order valence-electron chi connectivity index (χ1n) is 14.9. The van der Waals surface area contributed by atoms with Crippen molar-refractivity contribution in [3.63, 3.8) is 0 Å². The number of hydrogen-bond donors (Lipinski definition) is 4. The minimum absolute atomic E-state index is 0.149. The summed E-state index contributed by atoms with van der Waals surface area (Å²) in [6, 6.07) is 25.6. The number of carbonyl (C=O) groups is 4. The average molecular weight is 592 g/mol. The summed E-state index contributed by atoms with van der Waals surface area (Å²) in [6.45, 7) is 1.47. The number of nitrogens with zero attached hydrogens (tertiary/aromatic N) is 1. The largest absolute Gasteiger partial charge is 0.344 e. The van der Waals surface area contributed by atoms with Crippen LogP contribution in [0.1, 0.15) is 24.0 Å². The summed E-state index contributed by atoms with van der Waals surface area (Å²) in [5, 5.41) is 20.4. The Kier molecular flexibility index (Phi) is 9.76. The van der Waals surface area contributed by atoms with E-state index in [-0.39, 0.29) is 31.0 Å². The maximum atomic E-state index is 14.2. The molecule has 4 aromatic carbocycles. The third-order valence-corrected chi connectivity index (χ3v) is 8.31. The Morgan fingerprint density at radius 1 is 0.864 bits per heavy atom. The second kappa shape index (κ2) is 14.1. The van der Waals surface area contributed by atoms with E-state index in [0.29, 0.717) is 12.8 Å². The van der Waals surface area contributed by atoms with Crippen molar-refractivity contribution in [3.05, 3.63) is 96.1 Å². The molecule has 4 aromatic rings. The molecule has 0 radical (unpaired) electrons. The van der Waals surface area contributed by atoms with Crippen LogP contribution in [0.4, 0.5) is 0 Å². The first kappa shape index (κ1) is 30.6. The van der Waals surface area contributed by atoms with Crippen LogP contribution in [0, 0.1) is 11.3 Å². The predicted octanol–water partition coefficient (Wildman–Crippen LogP) is 3.38. The monoisotopic (exact) mass is 591 g/mol. The SMILES string of the molecule is CN(C(=O)C(Cc1ccc2ccccc2c1)NC(=O)C1CCNCC1)C(Cc1ccc2ccccc2c1)C(=O)NC(=N)C=O. The van der Waals surface area contributed by atoms with Gasteiger partial charge in [0, 0.05) is 25.8 Å². The predicted molar refractivity (Wildman–Crippen MR) is 171 cm³/mol. The summed E-state index contributed by atoms with van der Waals surface area (Å²) in [5.41, 5.74) is 1.69. The Morgan fingerprint density at radius 2 is 1.41 bits per heavy atom. The zero-order valence-corrected chi connectivity index (χ0v) is 24.7. The topological polar surface area (TPSA) is 131 Å². The van der Waals surface area contributed by atoms with Crippen molar-refractivity contribution < 1.29 is 19.2 Å². The fraction of sp³-hybridized carbons (Fsp3) is 0.286. The maximum Gasteiger partial charge on any atom is 0.248 e. The minimum Gasteiger partial charge on any atom is -0.344 e. The second-order valence-electron chi connectivity index (χ2n) is 11.3. The molecule has 226 valence electrons. The lowest BCUT2D eigenvalue weighted by Gasteiger charge is -2.32. The molecule has 1 fully saturated rings. The molecule has 2 unspecified atom stereocenters. The summed E-state index contributed by atoms with van der Waals surface area (Å²) in [5.74, 6) is -2.07. The number of carbonyl (C=O) groups excluding carboxylic acids is 4. The maximum absolute atomic E-state index is 14.2. The van der Waals surface area contributed by atoms with E-state index in [2.05, 4.69) is 16.0 Å². The molecule has 4 N–H and O–H groups in total. The zero-order chi connectivity index (χ0) is 31.1. The van der Waals surface area contributed by atoms with Crippen LogP contribution in [0.15, 0.2) is 84.9 Å². The second-order valence-corrected chi connectivity index (χ2v) is 11.3. The molecule has 1 heterocycles. The molecule has 44 heavy (non-hydrogen) atoms. The Bertz CT molecular complexity index is 1700. The number of fused-ring (bicyclic) bond motifs is 2. The van der Waals surface area contributed by atoms with Gasteiger partial charge in [-0.25, -0.2) is 0 Å². The van der Waals surface area contributed by atoms with E-state index in [4.69, 9.17) is 5.41 Å². The van der Waals surface area contributed by atoms with Gasteiger partial charge in [0.1, 0.15) is 12.1 Å². The number of aldehydes is 1. The number of benzene rings is 4. The van der Waals surface area contributed by atoms with Gasteiger partial charge in [-0.15, -0.1) is 0 Å². The molecule has 2 atom stereocenters. The van der Waals surface area contributed by atoms with Crippen molar-refractivity contribution in [1.82, 2.24) is 20.9 Å². The molecule has 0 aromatic heterocycles. The van der Waals surface area contributed by atoms with E-state index >= 15 is 0 Å². The van der Waals surface area contributed by atoms with Gasteiger partial charge in [0.2, 0.25) is 17.7 Å². The van der Waals surface area contributed by atoms with Crippen LogP contribution in [0.5, 0.6) is 0 Å². The Balaban J connectivity index is 1.44. The van der Waals surface area contributed by atoms with Gasteiger partial charge in [0.05, 0.1) is 0 Å². The van der Waals surface area contributed by atoms with Crippen molar-refractivity contribution in [2.75, 3.05) is 20.1 Å². The van der Waals surface area contributed by atoms with Crippen molar-refractivity contribution in [2.24, 2.45) is 5.92 Å². The van der Waals surface area contributed by atoms with Gasteiger partial charge in [-0.3, -0.25) is 24.6 Å². The van der Waals surface area contributed by atoms with E-state index in [0.717, 1.165) is 45.8 Å². The highest BCUT2D eigenvalue weighted by Crippen LogP contribution is 2.21. The molecule has 1 saturated heterocycles. The molecule has 1 aliphatic heterocycles. The van der Waals surface area contributed by atoms with Gasteiger partial charge in [-0.2, -0.15) is 0 Å². The number of rotatable bonds is 10. The lowest BCUT2D eigenvalue weighted by atomic mass is 9.95. The van der Waals surface area contributed by atoms with Crippen molar-refractivity contribution in [3.8, 4) is 0 Å². The van der Waals surface area contributed by atoms with Crippen molar-refractivity contribution in [2.45, 2.75) is 37.8 Å². The number of hydrogen-bond acceptors (Lipinski definition) is 6. The first-order valence-corrected chi connectivity index (χ1v) is 14.9. The summed E-state index contributed by atoms with van der Waals surface area (Å²) >= 11 is 0. The summed E-state index contributed by atoms with van der Waals surface area (Å²) in [7, 11) is 1.53. The Morgan fingerprint density at radius 3 is 1.98 bits per heavy atom. The van der Waals surface area contributed by atoms with E-state index in [9.17, 15) is 19.2 Å². The summed E-state index contributed by atoms with van der Waals surface area (Å²) in [6.07, 6.45) is 1.99. The van der Waals surface area contributed by atoms with E-state index in [1.54, 1.807) is 0 Å². The molecule has 0 spiro atoms. The molecular weight excluding hydrogens is 554 g/mol. The molecule has 0 bridgehead atoms. The minimum atomic E-state index is -1.04. The van der Waals surface area contributed by atoms with Gasteiger partial charge >= 0.3 is 0 Å². The van der Waals surface area contributed by atoms with Gasteiger partial charge in [0.25, 0.3) is 0 Å². The van der Waals surface area contributed by atoms with Gasteiger partial charge in [0.15, 0.2) is 12.1 Å². The van der Waals surface area contributed by atoms with Gasteiger partial charge < -0.3 is 20.9 Å². The van der Waals surface area contributed by atoms with Crippen molar-refractivity contribution >= 4 is 51.4 Å². The van der Waals surface area contributed by atoms with E-state index in [1.807, 2.05) is 84.9 Å². The third kappa shape index (κ3) is 7.36. The lowest BCUT2D eigenvalue weighted by Crippen LogP contribution is -2.57. The molecule has 9 nitrogen and oxygen atoms in total. The third-order valence-electron chi connectivity index (χ3n) is 8.31. The van der Waals surface area contributed by atoms with Gasteiger partial charge in [-0.05, 0) is 58.6 Å². The smallest absolute Gasteiger partial charge is 0.248 e. The van der Waals surface area contributed by atoms with Crippen LogP contribution in [0.2, 0.25) is 0 Å². The van der Waals surface area contributed by atoms with Crippen LogP contribution in [0.25, 0.3) is 21.5 Å². The number of amides is 3. The van der Waals surface area contributed by atoms with Crippen LogP contribution < -0.4 is 16.0 Å². The first-order chi connectivity index (χ1) is 21.3. The molecule has 0 aliphatic carbocycles.